The molecule has 1 atom stereocenters. The summed E-state index contributed by atoms with van der Waals surface area (Å²) in [4.78, 5) is 23.4. The number of H-pyrrole nitrogens is 1. The molecule has 0 saturated carbocycles. The van der Waals surface area contributed by atoms with Crippen LogP contribution in [0.4, 0.5) is 0 Å². The van der Waals surface area contributed by atoms with E-state index < -0.39 is 0 Å². The van der Waals surface area contributed by atoms with Gasteiger partial charge in [0.15, 0.2) is 0 Å². The molecule has 1 heterocycles. The second-order valence-electron chi connectivity index (χ2n) is 4.65. The Hall–Kier alpha value is -1.52. The molecule has 1 aromatic heterocycles. The number of hydrogen-bond acceptors (Lipinski definition) is 2. The van der Waals surface area contributed by atoms with Crippen molar-refractivity contribution < 1.29 is 4.79 Å². The maximum Gasteiger partial charge on any atom is 0.276 e. The number of aromatic nitrogens is 2. The van der Waals surface area contributed by atoms with E-state index >= 15 is 0 Å². The maximum absolute atomic E-state index is 11.8. The lowest BCUT2D eigenvalue weighted by atomic mass is 10.2. The molecule has 0 spiro atoms. The highest BCUT2D eigenvalue weighted by Gasteiger charge is 2.15. The van der Waals surface area contributed by atoms with Gasteiger partial charge in [0.1, 0.15) is 5.56 Å². The van der Waals surface area contributed by atoms with E-state index in [1.807, 2.05) is 20.8 Å². The van der Waals surface area contributed by atoms with E-state index in [0.717, 1.165) is 12.8 Å². The Morgan fingerprint density at radius 2 is 2.12 bits per heavy atom. The number of carbonyl (C=O) groups is 1. The molecule has 0 bridgehead atoms. The molecule has 0 saturated heterocycles. The van der Waals surface area contributed by atoms with Crippen LogP contribution in [-0.4, -0.2) is 21.7 Å². The molecule has 1 unspecified atom stereocenters. The van der Waals surface area contributed by atoms with Gasteiger partial charge < -0.3 is 5.32 Å². The maximum atomic E-state index is 11.8. The molecule has 17 heavy (non-hydrogen) atoms. The van der Waals surface area contributed by atoms with Crippen molar-refractivity contribution in [2.45, 2.75) is 52.6 Å². The minimum absolute atomic E-state index is 0.0919. The smallest absolute Gasteiger partial charge is 0.276 e. The van der Waals surface area contributed by atoms with Gasteiger partial charge in [-0.25, -0.2) is 0 Å². The fourth-order valence-corrected chi connectivity index (χ4v) is 1.65. The van der Waals surface area contributed by atoms with Gasteiger partial charge in [-0.15, -0.1) is 0 Å². The topological polar surface area (TPSA) is 66.9 Å². The van der Waals surface area contributed by atoms with Crippen LogP contribution in [-0.2, 0) is 0 Å². The molecular weight excluding hydrogens is 218 g/mol. The van der Waals surface area contributed by atoms with Crippen LogP contribution in [0.25, 0.3) is 0 Å². The van der Waals surface area contributed by atoms with Crippen LogP contribution in [0.1, 0.15) is 56.9 Å². The zero-order valence-electron chi connectivity index (χ0n) is 10.9. The van der Waals surface area contributed by atoms with Gasteiger partial charge in [-0.05, 0) is 27.2 Å². The molecule has 1 amide bonds. The lowest BCUT2D eigenvalue weighted by molar-refractivity contribution is 0.0937. The van der Waals surface area contributed by atoms with Crippen LogP contribution in [0.3, 0.4) is 0 Å². The van der Waals surface area contributed by atoms with Crippen LogP contribution in [0.15, 0.2) is 11.0 Å². The fourth-order valence-electron chi connectivity index (χ4n) is 1.65. The van der Waals surface area contributed by atoms with Gasteiger partial charge in [0.2, 0.25) is 0 Å². The highest BCUT2D eigenvalue weighted by molar-refractivity contribution is 5.93. The second-order valence-corrected chi connectivity index (χ2v) is 4.65. The summed E-state index contributed by atoms with van der Waals surface area (Å²) >= 11 is 0. The van der Waals surface area contributed by atoms with Crippen molar-refractivity contribution in [2.75, 3.05) is 0 Å². The third kappa shape index (κ3) is 3.47. The lowest BCUT2D eigenvalue weighted by Gasteiger charge is -2.11. The summed E-state index contributed by atoms with van der Waals surface area (Å²) in [7, 11) is 0. The first-order chi connectivity index (χ1) is 7.95. The molecule has 0 aliphatic rings. The van der Waals surface area contributed by atoms with Gasteiger partial charge in [-0.2, -0.15) is 0 Å². The lowest BCUT2D eigenvalue weighted by Crippen LogP contribution is -2.34. The first-order valence-electron chi connectivity index (χ1n) is 6.07. The van der Waals surface area contributed by atoms with Crippen molar-refractivity contribution in [1.29, 1.82) is 0 Å². The monoisotopic (exact) mass is 239 g/mol. The van der Waals surface area contributed by atoms with Gasteiger partial charge >= 0.3 is 0 Å². The van der Waals surface area contributed by atoms with Crippen molar-refractivity contribution in [3.63, 3.8) is 0 Å². The summed E-state index contributed by atoms with van der Waals surface area (Å²) in [5.74, 6) is -0.299. The predicted octanol–water partition coefficient (Wildman–Crippen LogP) is 1.68. The van der Waals surface area contributed by atoms with E-state index in [9.17, 15) is 9.59 Å². The van der Waals surface area contributed by atoms with Gasteiger partial charge in [-0.3, -0.25) is 19.4 Å². The highest BCUT2D eigenvalue weighted by atomic mass is 16.2. The molecule has 1 aromatic rings. The van der Waals surface area contributed by atoms with E-state index in [4.69, 9.17) is 0 Å². The Balaban J connectivity index is 2.79. The average molecular weight is 239 g/mol. The summed E-state index contributed by atoms with van der Waals surface area (Å²) in [6.07, 6.45) is 3.49. The second kappa shape index (κ2) is 5.70. The number of carbonyl (C=O) groups excluding carboxylic acids is 1. The largest absolute Gasteiger partial charge is 0.349 e. The molecule has 5 nitrogen and oxygen atoms in total. The van der Waals surface area contributed by atoms with Crippen LogP contribution in [0.5, 0.6) is 0 Å². The van der Waals surface area contributed by atoms with E-state index in [-0.39, 0.29) is 29.1 Å². The van der Waals surface area contributed by atoms with E-state index in [1.165, 1.54) is 0 Å². The normalized spacial score (nSPS) is 12.8. The Bertz CT molecular complexity index is 431. The minimum Gasteiger partial charge on any atom is -0.349 e. The first-order valence-corrected chi connectivity index (χ1v) is 6.07. The number of nitrogens with one attached hydrogen (secondary N) is 2. The molecule has 5 heteroatoms. The number of amides is 1. The Morgan fingerprint density at radius 3 is 2.59 bits per heavy atom. The average Bonchev–Trinajstić information content (AvgIpc) is 2.60. The number of hydrogen-bond donors (Lipinski definition) is 2. The zero-order chi connectivity index (χ0) is 13.0. The summed E-state index contributed by atoms with van der Waals surface area (Å²) in [5, 5.41) is 5.45. The molecule has 2 N–H and O–H groups in total. The molecule has 0 aromatic carbocycles. The Labute approximate surface area is 101 Å². The Kier molecular flexibility index (Phi) is 4.54. The predicted molar refractivity (Wildman–Crippen MR) is 67.3 cm³/mol. The van der Waals surface area contributed by atoms with Crippen molar-refractivity contribution in [2.24, 2.45) is 0 Å². The number of rotatable bonds is 5. The van der Waals surface area contributed by atoms with Crippen molar-refractivity contribution in [3.8, 4) is 0 Å². The van der Waals surface area contributed by atoms with Gasteiger partial charge in [0.05, 0.1) is 0 Å². The third-order valence-electron chi connectivity index (χ3n) is 2.64. The van der Waals surface area contributed by atoms with Crippen molar-refractivity contribution in [1.82, 2.24) is 15.1 Å². The number of nitrogens with zero attached hydrogens (tertiary/aromatic N) is 1. The SMILES string of the molecule is CCCC(C)NC(=O)c1cn(C(C)C)[nH]c1=O. The van der Waals surface area contributed by atoms with Crippen LogP contribution in [0.2, 0.25) is 0 Å². The van der Waals surface area contributed by atoms with E-state index in [0.29, 0.717) is 0 Å². The van der Waals surface area contributed by atoms with Crippen LogP contribution < -0.4 is 10.9 Å². The Morgan fingerprint density at radius 1 is 1.47 bits per heavy atom. The minimum atomic E-state index is -0.333. The highest BCUT2D eigenvalue weighted by Crippen LogP contribution is 2.02. The first kappa shape index (κ1) is 13.5. The fraction of sp³-hybridized carbons (Fsp3) is 0.667. The van der Waals surface area contributed by atoms with E-state index in [1.54, 1.807) is 10.9 Å². The summed E-state index contributed by atoms with van der Waals surface area (Å²) in [6.45, 7) is 7.88. The zero-order valence-corrected chi connectivity index (χ0v) is 10.9. The van der Waals surface area contributed by atoms with Gasteiger partial charge in [0.25, 0.3) is 11.5 Å². The number of aromatic amines is 1. The van der Waals surface area contributed by atoms with E-state index in [2.05, 4.69) is 17.3 Å². The molecule has 1 rings (SSSR count). The molecule has 0 fully saturated rings. The molecule has 0 aliphatic heterocycles. The summed E-state index contributed by atoms with van der Waals surface area (Å²) in [5.41, 5.74) is -0.151. The molecular formula is C12H21N3O2. The quantitative estimate of drug-likeness (QED) is 0.820. The van der Waals surface area contributed by atoms with Crippen molar-refractivity contribution >= 4 is 5.91 Å². The third-order valence-corrected chi connectivity index (χ3v) is 2.64. The molecule has 0 aliphatic carbocycles. The standard InChI is InChI=1S/C12H21N3O2/c1-5-6-9(4)13-11(16)10-7-15(8(2)3)14-12(10)17/h7-9H,5-6H2,1-4H3,(H,13,16)(H,14,17). The van der Waals surface area contributed by atoms with Crippen LogP contribution in [0, 0.1) is 0 Å². The molecule has 96 valence electrons. The van der Waals surface area contributed by atoms with Gasteiger partial charge in [0, 0.05) is 18.3 Å². The van der Waals surface area contributed by atoms with Crippen molar-refractivity contribution in [3.05, 3.63) is 22.1 Å². The summed E-state index contributed by atoms with van der Waals surface area (Å²) < 4.78 is 1.64. The molecule has 0 radical (unpaired) electrons. The van der Waals surface area contributed by atoms with Crippen LogP contribution >= 0.6 is 0 Å². The van der Waals surface area contributed by atoms with Gasteiger partial charge in [-0.1, -0.05) is 13.3 Å². The summed E-state index contributed by atoms with van der Waals surface area (Å²) in [6, 6.07) is 0.228.